The maximum atomic E-state index is 2.67. The van der Waals surface area contributed by atoms with Gasteiger partial charge in [-0.3, -0.25) is 0 Å². The Morgan fingerprint density at radius 3 is 1.05 bits per heavy atom. The average molecular weight is 839 g/mol. The lowest BCUT2D eigenvalue weighted by Gasteiger charge is -2.51. The zero-order chi connectivity index (χ0) is 44.6. The van der Waals surface area contributed by atoms with Crippen LogP contribution in [0.15, 0.2) is 146 Å². The van der Waals surface area contributed by atoms with Gasteiger partial charge in [0.25, 0.3) is 6.71 Å². The van der Waals surface area contributed by atoms with Crippen LogP contribution in [0.2, 0.25) is 0 Å². The van der Waals surface area contributed by atoms with Crippen LogP contribution in [0.4, 0.5) is 34.1 Å². The van der Waals surface area contributed by atoms with Gasteiger partial charge in [0.2, 0.25) is 0 Å². The van der Waals surface area contributed by atoms with Crippen molar-refractivity contribution >= 4 is 86.0 Å². The lowest BCUT2D eigenvalue weighted by molar-refractivity contribution is 0.568. The lowest BCUT2D eigenvalue weighted by Crippen LogP contribution is -2.88. The van der Waals surface area contributed by atoms with E-state index in [0.717, 1.165) is 0 Å². The number of hydrogen-bond acceptors (Lipinski definition) is 2. The van der Waals surface area contributed by atoms with Crippen LogP contribution in [0, 0.1) is 6.92 Å². The highest BCUT2D eigenvalue weighted by atomic mass is 28.3. The number of rotatable bonds is 4. The van der Waals surface area contributed by atoms with Gasteiger partial charge in [-0.05, 0) is 142 Å². The highest BCUT2D eigenvalue weighted by Crippen LogP contribution is 2.47. The fraction of sp³-hybridized carbons (Fsp3) is 0.288. The van der Waals surface area contributed by atoms with Crippen molar-refractivity contribution in [2.75, 3.05) is 9.80 Å². The van der Waals surface area contributed by atoms with E-state index < -0.39 is 8.07 Å². The number of hydrogen-bond donors (Lipinski definition) is 0. The normalized spacial score (nSPS) is 15.1. The minimum Gasteiger partial charge on any atom is -0.311 e. The maximum Gasteiger partial charge on any atom is 0.251 e. The predicted molar refractivity (Wildman–Crippen MR) is 277 cm³/mol. The van der Waals surface area contributed by atoms with Crippen molar-refractivity contribution in [1.82, 2.24) is 0 Å². The molecule has 7 aromatic carbocycles. The third-order valence-electron chi connectivity index (χ3n) is 14.3. The molecule has 316 valence electrons. The summed E-state index contributed by atoms with van der Waals surface area (Å²) in [5.74, 6) is 0. The monoisotopic (exact) mass is 838 g/mol. The van der Waals surface area contributed by atoms with Gasteiger partial charge < -0.3 is 9.80 Å². The molecule has 10 rings (SSSR count). The van der Waals surface area contributed by atoms with Crippen molar-refractivity contribution in [1.29, 1.82) is 0 Å². The van der Waals surface area contributed by atoms with Gasteiger partial charge in [0, 0.05) is 34.1 Å². The van der Waals surface area contributed by atoms with Gasteiger partial charge in [-0.25, -0.2) is 0 Å². The van der Waals surface area contributed by atoms with E-state index >= 15 is 0 Å². The second-order valence-corrected chi connectivity index (χ2v) is 26.5. The zero-order valence-corrected chi connectivity index (χ0v) is 40.8. The van der Waals surface area contributed by atoms with Gasteiger partial charge in [0.15, 0.2) is 8.07 Å². The second kappa shape index (κ2) is 14.0. The van der Waals surface area contributed by atoms with Gasteiger partial charge >= 0.3 is 0 Å². The molecule has 0 atom stereocenters. The third kappa shape index (κ3) is 6.33. The van der Waals surface area contributed by atoms with E-state index in [-0.39, 0.29) is 28.4 Å². The summed E-state index contributed by atoms with van der Waals surface area (Å²) in [6, 6.07) is 57.6. The summed E-state index contributed by atoms with van der Waals surface area (Å²) >= 11 is 0. The molecule has 4 heteroatoms. The molecule has 63 heavy (non-hydrogen) atoms. The molecular formula is C59H63BN2Si. The molecule has 0 saturated carbocycles. The van der Waals surface area contributed by atoms with Crippen molar-refractivity contribution in [3.63, 3.8) is 0 Å². The minimum atomic E-state index is -2.94. The molecular weight excluding hydrogens is 776 g/mol. The molecule has 0 saturated heterocycles. The first-order valence-corrected chi connectivity index (χ1v) is 25.1. The Labute approximate surface area is 379 Å². The molecule has 0 radical (unpaired) electrons. The topological polar surface area (TPSA) is 6.48 Å². The summed E-state index contributed by atoms with van der Waals surface area (Å²) in [5.41, 5.74) is 18.5. The molecule has 3 heterocycles. The van der Waals surface area contributed by atoms with E-state index in [1.165, 1.54) is 99.1 Å². The first kappa shape index (κ1) is 41.4. The van der Waals surface area contributed by atoms with E-state index in [1.54, 1.807) is 0 Å². The van der Waals surface area contributed by atoms with Crippen LogP contribution in [0.1, 0.15) is 111 Å². The van der Waals surface area contributed by atoms with Gasteiger partial charge in [-0.2, -0.15) is 0 Å². The van der Waals surface area contributed by atoms with E-state index in [9.17, 15) is 0 Å². The molecule has 0 unspecified atom stereocenters. The molecule has 7 aromatic rings. The Balaban J connectivity index is 1.41. The largest absolute Gasteiger partial charge is 0.311 e. The highest BCUT2D eigenvalue weighted by molar-refractivity contribution is 7.27. The molecule has 0 N–H and O–H groups in total. The Kier molecular flexibility index (Phi) is 9.18. The zero-order valence-electron chi connectivity index (χ0n) is 39.8. The summed E-state index contributed by atoms with van der Waals surface area (Å²) < 4.78 is 0. The van der Waals surface area contributed by atoms with E-state index in [2.05, 4.69) is 245 Å². The lowest BCUT2D eigenvalue weighted by atomic mass is 9.33. The van der Waals surface area contributed by atoms with E-state index in [1.807, 2.05) is 0 Å². The molecule has 0 aromatic heterocycles. The molecule has 0 amide bonds. The SMILES string of the molecule is Cc1cc2c3c(c1)N(c1cc(C(C)(C)C)cc(C(C)(C)C)c1)c1cccc4c1B3c1c(cccc1[Si]4(c1ccccc1)c1ccccc1)N2c1cc(C(C)(C)C)cc(C(C)(C)C)c1. The summed E-state index contributed by atoms with van der Waals surface area (Å²) in [4.78, 5) is 5.34. The smallest absolute Gasteiger partial charge is 0.251 e. The molecule has 3 aliphatic rings. The summed E-state index contributed by atoms with van der Waals surface area (Å²) in [6.07, 6.45) is 0. The summed E-state index contributed by atoms with van der Waals surface area (Å²) in [7, 11) is -2.94. The quantitative estimate of drug-likeness (QED) is 0.163. The molecule has 0 fully saturated rings. The van der Waals surface area contributed by atoms with Crippen molar-refractivity contribution in [2.24, 2.45) is 0 Å². The van der Waals surface area contributed by atoms with Crippen molar-refractivity contribution in [2.45, 2.75) is 112 Å². The third-order valence-corrected chi connectivity index (χ3v) is 19.2. The van der Waals surface area contributed by atoms with Gasteiger partial charge in [0.05, 0.1) is 0 Å². The van der Waals surface area contributed by atoms with Crippen LogP contribution < -0.4 is 46.9 Å². The van der Waals surface area contributed by atoms with Gasteiger partial charge in [-0.15, -0.1) is 0 Å². The molecule has 2 nitrogen and oxygen atoms in total. The Morgan fingerprint density at radius 1 is 0.365 bits per heavy atom. The number of aryl methyl sites for hydroxylation is 1. The fourth-order valence-electron chi connectivity index (χ4n) is 11.0. The van der Waals surface area contributed by atoms with Crippen molar-refractivity contribution in [3.05, 3.63) is 173 Å². The Morgan fingerprint density at radius 2 is 0.714 bits per heavy atom. The first-order valence-electron chi connectivity index (χ1n) is 23.1. The predicted octanol–water partition coefficient (Wildman–Crippen LogP) is 11.0. The van der Waals surface area contributed by atoms with Crippen LogP contribution in [0.3, 0.4) is 0 Å². The molecule has 0 aliphatic carbocycles. The fourth-order valence-corrected chi connectivity index (χ4v) is 16.3. The Hall–Kier alpha value is -5.58. The van der Waals surface area contributed by atoms with Crippen LogP contribution in [0.25, 0.3) is 0 Å². The highest BCUT2D eigenvalue weighted by Gasteiger charge is 2.56. The summed E-state index contributed by atoms with van der Waals surface area (Å²) in [6.45, 7) is 30.7. The standard InChI is InChI=1S/C59H63BN2Si/c1-38-30-49-53-50(31-38)62(44-36-41(58(8,9)10)33-42(37-44)59(11,12)13)48-27-21-29-52-55(48)60(53)54-47(61(49)43-34-39(56(2,3)4)32-40(35-43)57(5,6)7)26-20-28-51(54)63(52,45-22-16-14-17-23-45)46-24-18-15-19-25-46/h14-37H,1-13H3. The maximum absolute atomic E-state index is 2.94. The van der Waals surface area contributed by atoms with Gasteiger partial charge in [0.1, 0.15) is 0 Å². The van der Waals surface area contributed by atoms with Crippen LogP contribution in [0.5, 0.6) is 0 Å². The van der Waals surface area contributed by atoms with Crippen LogP contribution >= 0.6 is 0 Å². The second-order valence-electron chi connectivity index (χ2n) is 22.8. The van der Waals surface area contributed by atoms with Crippen LogP contribution in [-0.4, -0.2) is 14.8 Å². The minimum absolute atomic E-state index is 0.0351. The number of anilines is 6. The van der Waals surface area contributed by atoms with E-state index in [4.69, 9.17) is 0 Å². The molecule has 3 aliphatic heterocycles. The molecule has 0 spiro atoms. The number of benzene rings is 7. The van der Waals surface area contributed by atoms with Crippen molar-refractivity contribution < 1.29 is 0 Å². The number of nitrogens with zero attached hydrogens (tertiary/aromatic N) is 2. The van der Waals surface area contributed by atoms with Crippen LogP contribution in [-0.2, 0) is 21.7 Å². The van der Waals surface area contributed by atoms with E-state index in [0.29, 0.717) is 0 Å². The van der Waals surface area contributed by atoms with Crippen molar-refractivity contribution in [3.8, 4) is 0 Å². The molecule has 0 bridgehead atoms. The van der Waals surface area contributed by atoms with Gasteiger partial charge in [-0.1, -0.05) is 180 Å². The average Bonchev–Trinajstić information content (AvgIpc) is 3.23. The first-order chi connectivity index (χ1) is 29.7. The Bertz CT molecular complexity index is 2690. The summed E-state index contributed by atoms with van der Waals surface area (Å²) in [5, 5.41) is 5.83.